The maximum absolute atomic E-state index is 9.26. The van der Waals surface area contributed by atoms with Gasteiger partial charge in [0.15, 0.2) is 0 Å². The minimum Gasteiger partial charge on any atom is -0.394 e. The quantitative estimate of drug-likeness (QED) is 0.650. The van der Waals surface area contributed by atoms with Crippen molar-refractivity contribution in [1.29, 1.82) is 0 Å². The number of aliphatic hydroxyl groups is 1. The van der Waals surface area contributed by atoms with E-state index in [1.807, 2.05) is 7.05 Å². The molecule has 1 heterocycles. The fraction of sp³-hybridized carbons (Fsp3) is 1.00. The van der Waals surface area contributed by atoms with Gasteiger partial charge in [-0.25, -0.2) is 0 Å². The van der Waals surface area contributed by atoms with E-state index in [1.54, 1.807) is 0 Å². The second-order valence-corrected chi connectivity index (χ2v) is 5.33. The minimum atomic E-state index is -0.0815. The summed E-state index contributed by atoms with van der Waals surface area (Å²) in [5.74, 6) is 0. The van der Waals surface area contributed by atoms with E-state index in [9.17, 15) is 5.11 Å². The van der Waals surface area contributed by atoms with Gasteiger partial charge < -0.3 is 15.3 Å². The summed E-state index contributed by atoms with van der Waals surface area (Å²) in [6.07, 6.45) is 7.70. The molecule has 0 amide bonds. The van der Waals surface area contributed by atoms with Gasteiger partial charge in [-0.05, 0) is 59.3 Å². The first-order valence-electron chi connectivity index (χ1n) is 6.72. The third kappa shape index (κ3) is 4.81. The van der Waals surface area contributed by atoms with Crippen molar-refractivity contribution in [1.82, 2.24) is 10.2 Å². The molecule has 1 fully saturated rings. The summed E-state index contributed by atoms with van der Waals surface area (Å²) in [7, 11) is 1.93. The monoisotopic (exact) mass is 228 g/mol. The van der Waals surface area contributed by atoms with E-state index in [1.165, 1.54) is 51.7 Å². The maximum atomic E-state index is 9.26. The van der Waals surface area contributed by atoms with Gasteiger partial charge in [0.2, 0.25) is 0 Å². The normalized spacial score (nSPS) is 21.9. The Morgan fingerprint density at radius 2 is 1.88 bits per heavy atom. The lowest BCUT2D eigenvalue weighted by Gasteiger charge is -2.29. The van der Waals surface area contributed by atoms with Crippen molar-refractivity contribution >= 4 is 0 Å². The molecule has 0 aromatic heterocycles. The molecule has 1 aliphatic heterocycles. The van der Waals surface area contributed by atoms with Crippen LogP contribution in [0.5, 0.6) is 0 Å². The lowest BCUT2D eigenvalue weighted by atomic mass is 9.96. The highest BCUT2D eigenvalue weighted by atomic mass is 16.3. The van der Waals surface area contributed by atoms with Crippen LogP contribution in [0.4, 0.5) is 0 Å². The van der Waals surface area contributed by atoms with Crippen LogP contribution >= 0.6 is 0 Å². The van der Waals surface area contributed by atoms with Crippen LogP contribution in [0.15, 0.2) is 0 Å². The molecule has 0 radical (unpaired) electrons. The average molecular weight is 228 g/mol. The molecule has 3 nitrogen and oxygen atoms in total. The number of likely N-dealkylation sites (tertiary alicyclic amines) is 1. The van der Waals surface area contributed by atoms with Gasteiger partial charge in [0.25, 0.3) is 0 Å². The number of piperidine rings is 1. The summed E-state index contributed by atoms with van der Waals surface area (Å²) in [5, 5.41) is 12.5. The summed E-state index contributed by atoms with van der Waals surface area (Å²) in [6.45, 7) is 6.15. The molecular formula is C13H28N2O. The fourth-order valence-electron chi connectivity index (χ4n) is 2.32. The molecule has 1 saturated heterocycles. The van der Waals surface area contributed by atoms with E-state index in [-0.39, 0.29) is 12.1 Å². The predicted octanol–water partition coefficient (Wildman–Crippen LogP) is 1.61. The van der Waals surface area contributed by atoms with E-state index >= 15 is 0 Å². The van der Waals surface area contributed by atoms with Gasteiger partial charge in [-0.1, -0.05) is 12.8 Å². The molecule has 1 rings (SSSR count). The van der Waals surface area contributed by atoms with Crippen LogP contribution in [0.25, 0.3) is 0 Å². The molecule has 0 aromatic carbocycles. The van der Waals surface area contributed by atoms with E-state index in [2.05, 4.69) is 17.1 Å². The van der Waals surface area contributed by atoms with Crippen LogP contribution in [0, 0.1) is 0 Å². The fourth-order valence-corrected chi connectivity index (χ4v) is 2.32. The predicted molar refractivity (Wildman–Crippen MR) is 68.7 cm³/mol. The van der Waals surface area contributed by atoms with Gasteiger partial charge in [0, 0.05) is 5.54 Å². The first kappa shape index (κ1) is 13.9. The molecule has 1 aliphatic rings. The topological polar surface area (TPSA) is 35.5 Å². The van der Waals surface area contributed by atoms with Crippen molar-refractivity contribution in [2.45, 2.75) is 51.0 Å². The second-order valence-electron chi connectivity index (χ2n) is 5.33. The highest BCUT2D eigenvalue weighted by Crippen LogP contribution is 2.14. The maximum Gasteiger partial charge on any atom is 0.0610 e. The van der Waals surface area contributed by atoms with Crippen LogP contribution < -0.4 is 5.32 Å². The second kappa shape index (κ2) is 7.25. The van der Waals surface area contributed by atoms with E-state index in [0.29, 0.717) is 0 Å². The molecule has 3 heteroatoms. The van der Waals surface area contributed by atoms with Crippen LogP contribution in [-0.4, -0.2) is 48.8 Å². The highest BCUT2D eigenvalue weighted by Gasteiger charge is 2.19. The van der Waals surface area contributed by atoms with Gasteiger partial charge in [0.05, 0.1) is 6.61 Å². The highest BCUT2D eigenvalue weighted by molar-refractivity contribution is 4.80. The Labute approximate surface area is 100 Å². The summed E-state index contributed by atoms with van der Waals surface area (Å²) < 4.78 is 0. The Kier molecular flexibility index (Phi) is 6.32. The lowest BCUT2D eigenvalue weighted by molar-refractivity contribution is 0.166. The number of nitrogens with zero attached hydrogens (tertiary/aromatic N) is 1. The first-order valence-corrected chi connectivity index (χ1v) is 6.72. The molecule has 0 aromatic rings. The van der Waals surface area contributed by atoms with E-state index in [4.69, 9.17) is 0 Å². The summed E-state index contributed by atoms with van der Waals surface area (Å²) >= 11 is 0. The Balaban J connectivity index is 2.06. The number of rotatable bonds is 7. The molecule has 1 atom stereocenters. The molecule has 2 N–H and O–H groups in total. The minimum absolute atomic E-state index is 0.0815. The van der Waals surface area contributed by atoms with Crippen LogP contribution in [0.3, 0.4) is 0 Å². The zero-order valence-corrected chi connectivity index (χ0v) is 11.0. The molecule has 0 aliphatic carbocycles. The standard InChI is InChI=1S/C13H28N2O/c1-13(12-16,14-2)8-4-7-11-15-9-5-3-6-10-15/h14,16H,3-12H2,1-2H3. The van der Waals surface area contributed by atoms with Gasteiger partial charge >= 0.3 is 0 Å². The van der Waals surface area contributed by atoms with E-state index < -0.39 is 0 Å². The summed E-state index contributed by atoms with van der Waals surface area (Å²) in [5.41, 5.74) is -0.0815. The average Bonchev–Trinajstić information content (AvgIpc) is 2.36. The zero-order valence-electron chi connectivity index (χ0n) is 11.0. The van der Waals surface area contributed by atoms with E-state index in [0.717, 1.165) is 6.42 Å². The molecular weight excluding hydrogens is 200 g/mol. The molecule has 0 bridgehead atoms. The summed E-state index contributed by atoms with van der Waals surface area (Å²) in [4.78, 5) is 2.58. The van der Waals surface area contributed by atoms with Gasteiger partial charge in [0.1, 0.15) is 0 Å². The molecule has 0 saturated carbocycles. The number of unbranched alkanes of at least 4 members (excludes halogenated alkanes) is 1. The molecule has 0 spiro atoms. The first-order chi connectivity index (χ1) is 7.70. The van der Waals surface area contributed by atoms with Crippen LogP contribution in [0.2, 0.25) is 0 Å². The van der Waals surface area contributed by atoms with Crippen molar-refractivity contribution in [3.63, 3.8) is 0 Å². The largest absolute Gasteiger partial charge is 0.394 e. The number of aliphatic hydroxyl groups excluding tert-OH is 1. The molecule has 1 unspecified atom stereocenters. The SMILES string of the molecule is CNC(C)(CO)CCCCN1CCCCC1. The number of hydrogen-bond donors (Lipinski definition) is 2. The Hall–Kier alpha value is -0.120. The molecule has 16 heavy (non-hydrogen) atoms. The Morgan fingerprint density at radius 3 is 2.44 bits per heavy atom. The number of likely N-dealkylation sites (N-methyl/N-ethyl adjacent to an activating group) is 1. The Bertz CT molecular complexity index is 175. The number of nitrogens with one attached hydrogen (secondary N) is 1. The third-order valence-electron chi connectivity index (χ3n) is 3.85. The van der Waals surface area contributed by atoms with Gasteiger partial charge in [-0.3, -0.25) is 0 Å². The van der Waals surface area contributed by atoms with Crippen molar-refractivity contribution in [3.8, 4) is 0 Å². The van der Waals surface area contributed by atoms with Crippen LogP contribution in [-0.2, 0) is 0 Å². The van der Waals surface area contributed by atoms with Gasteiger partial charge in [-0.15, -0.1) is 0 Å². The Morgan fingerprint density at radius 1 is 1.19 bits per heavy atom. The molecule has 96 valence electrons. The van der Waals surface area contributed by atoms with Crippen molar-refractivity contribution in [3.05, 3.63) is 0 Å². The summed E-state index contributed by atoms with van der Waals surface area (Å²) in [6, 6.07) is 0. The smallest absolute Gasteiger partial charge is 0.0610 e. The lowest BCUT2D eigenvalue weighted by Crippen LogP contribution is -2.43. The zero-order chi connectivity index (χ0) is 11.9. The number of hydrogen-bond acceptors (Lipinski definition) is 3. The van der Waals surface area contributed by atoms with Gasteiger partial charge in [-0.2, -0.15) is 0 Å². The van der Waals surface area contributed by atoms with Crippen molar-refractivity contribution < 1.29 is 5.11 Å². The van der Waals surface area contributed by atoms with Crippen LogP contribution in [0.1, 0.15) is 45.4 Å². The van der Waals surface area contributed by atoms with Crippen molar-refractivity contribution in [2.75, 3.05) is 33.3 Å². The van der Waals surface area contributed by atoms with Crippen molar-refractivity contribution in [2.24, 2.45) is 0 Å². The third-order valence-corrected chi connectivity index (χ3v) is 3.85.